The van der Waals surface area contributed by atoms with Crippen LogP contribution in [0.25, 0.3) is 6.08 Å². The standard InChI is InChI=1S/C11H10I2O3/c1-2-16-9(14)6-4-7-3-5-8(12)11(15)10(7)13/h3-6,15H,2H2,1H3/b6-4+. The van der Waals surface area contributed by atoms with Crippen LogP contribution in [0.5, 0.6) is 5.75 Å². The summed E-state index contributed by atoms with van der Waals surface area (Å²) >= 11 is 4.09. The van der Waals surface area contributed by atoms with Gasteiger partial charge >= 0.3 is 5.97 Å². The zero-order valence-corrected chi connectivity index (χ0v) is 12.9. The molecule has 5 heteroatoms. The van der Waals surface area contributed by atoms with Gasteiger partial charge in [0.2, 0.25) is 0 Å². The predicted octanol–water partition coefficient (Wildman–Crippen LogP) is 3.18. The van der Waals surface area contributed by atoms with Crippen molar-refractivity contribution in [2.75, 3.05) is 6.61 Å². The third-order valence-corrected chi connectivity index (χ3v) is 3.79. The molecule has 1 N–H and O–H groups in total. The van der Waals surface area contributed by atoms with Gasteiger partial charge in [-0.1, -0.05) is 6.07 Å². The molecule has 0 spiro atoms. The Morgan fingerprint density at radius 3 is 2.81 bits per heavy atom. The third-order valence-electron chi connectivity index (χ3n) is 1.78. The van der Waals surface area contributed by atoms with E-state index in [9.17, 15) is 9.90 Å². The molecule has 86 valence electrons. The lowest BCUT2D eigenvalue weighted by molar-refractivity contribution is -0.137. The Labute approximate surface area is 121 Å². The normalized spacial score (nSPS) is 10.7. The van der Waals surface area contributed by atoms with Crippen LogP contribution >= 0.6 is 45.2 Å². The van der Waals surface area contributed by atoms with Crippen molar-refractivity contribution < 1.29 is 14.6 Å². The predicted molar refractivity (Wildman–Crippen MR) is 79.2 cm³/mol. The van der Waals surface area contributed by atoms with Crippen molar-refractivity contribution in [1.82, 2.24) is 0 Å². The second-order valence-electron chi connectivity index (χ2n) is 2.88. The minimum absolute atomic E-state index is 0.243. The molecule has 0 fully saturated rings. The van der Waals surface area contributed by atoms with E-state index in [0.29, 0.717) is 6.61 Å². The van der Waals surface area contributed by atoms with Gasteiger partial charge in [0.05, 0.1) is 13.7 Å². The van der Waals surface area contributed by atoms with Crippen molar-refractivity contribution in [3.05, 3.63) is 30.9 Å². The minimum atomic E-state index is -0.378. The number of phenols is 1. The summed E-state index contributed by atoms with van der Waals surface area (Å²) in [6.07, 6.45) is 2.99. The van der Waals surface area contributed by atoms with Crippen molar-refractivity contribution in [3.63, 3.8) is 0 Å². The summed E-state index contributed by atoms with van der Waals surface area (Å²) in [6, 6.07) is 3.64. The summed E-state index contributed by atoms with van der Waals surface area (Å²) in [5.74, 6) is -0.136. The number of halogens is 2. The molecule has 0 atom stereocenters. The van der Waals surface area contributed by atoms with E-state index < -0.39 is 0 Å². The Morgan fingerprint density at radius 1 is 1.50 bits per heavy atom. The highest BCUT2D eigenvalue weighted by Gasteiger charge is 2.06. The Hall–Kier alpha value is -0.310. The Balaban J connectivity index is 2.90. The van der Waals surface area contributed by atoms with Gasteiger partial charge in [0.1, 0.15) is 5.75 Å². The van der Waals surface area contributed by atoms with Crippen LogP contribution in [0, 0.1) is 7.14 Å². The average Bonchev–Trinajstić information content (AvgIpc) is 2.25. The van der Waals surface area contributed by atoms with E-state index in [-0.39, 0.29) is 11.7 Å². The molecule has 0 radical (unpaired) electrons. The molecule has 0 unspecified atom stereocenters. The van der Waals surface area contributed by atoms with Crippen LogP contribution in [0.15, 0.2) is 18.2 Å². The van der Waals surface area contributed by atoms with Gasteiger partial charge < -0.3 is 9.84 Å². The molecule has 0 aliphatic carbocycles. The third kappa shape index (κ3) is 3.62. The highest BCUT2D eigenvalue weighted by molar-refractivity contribution is 14.1. The van der Waals surface area contributed by atoms with Crippen LogP contribution in [0.2, 0.25) is 0 Å². The molecule has 0 heterocycles. The van der Waals surface area contributed by atoms with Crippen LogP contribution in [-0.2, 0) is 9.53 Å². The fourth-order valence-electron chi connectivity index (χ4n) is 1.03. The molecular weight excluding hydrogens is 434 g/mol. The van der Waals surface area contributed by atoms with E-state index in [1.165, 1.54) is 6.08 Å². The Kier molecular flexibility index (Phi) is 5.53. The van der Waals surface area contributed by atoms with Crippen LogP contribution < -0.4 is 0 Å². The second kappa shape index (κ2) is 6.43. The molecule has 0 bridgehead atoms. The fourth-order valence-corrected chi connectivity index (χ4v) is 2.65. The van der Waals surface area contributed by atoms with Gasteiger partial charge in [-0.25, -0.2) is 4.79 Å². The van der Waals surface area contributed by atoms with Gasteiger partial charge in [-0.15, -0.1) is 0 Å². The SMILES string of the molecule is CCOC(=O)/C=C/c1ccc(I)c(O)c1I. The first-order chi connectivity index (χ1) is 7.56. The van der Waals surface area contributed by atoms with Crippen molar-refractivity contribution >= 4 is 57.2 Å². The molecule has 0 saturated carbocycles. The smallest absolute Gasteiger partial charge is 0.330 e. The highest BCUT2D eigenvalue weighted by atomic mass is 127. The zero-order valence-electron chi connectivity index (χ0n) is 8.54. The van der Waals surface area contributed by atoms with E-state index >= 15 is 0 Å². The minimum Gasteiger partial charge on any atom is -0.506 e. The quantitative estimate of drug-likeness (QED) is 0.443. The summed E-state index contributed by atoms with van der Waals surface area (Å²) in [4.78, 5) is 11.1. The van der Waals surface area contributed by atoms with E-state index in [4.69, 9.17) is 4.74 Å². The maximum absolute atomic E-state index is 11.1. The average molecular weight is 444 g/mol. The maximum Gasteiger partial charge on any atom is 0.330 e. The second-order valence-corrected chi connectivity index (χ2v) is 5.13. The number of phenolic OH excluding ortho intramolecular Hbond substituents is 1. The van der Waals surface area contributed by atoms with Crippen LogP contribution in [0.3, 0.4) is 0 Å². The topological polar surface area (TPSA) is 46.5 Å². The zero-order chi connectivity index (χ0) is 12.1. The molecule has 1 rings (SSSR count). The van der Waals surface area contributed by atoms with Gasteiger partial charge in [0.15, 0.2) is 0 Å². The Bertz CT molecular complexity index is 427. The summed E-state index contributed by atoms with van der Waals surface area (Å²) in [7, 11) is 0. The van der Waals surface area contributed by atoms with Gasteiger partial charge in [0, 0.05) is 6.08 Å². The fraction of sp³-hybridized carbons (Fsp3) is 0.182. The number of aromatic hydroxyl groups is 1. The number of rotatable bonds is 3. The first-order valence-electron chi connectivity index (χ1n) is 4.58. The van der Waals surface area contributed by atoms with Gasteiger partial charge in [-0.3, -0.25) is 0 Å². The molecular formula is C11H10I2O3. The lowest BCUT2D eigenvalue weighted by Crippen LogP contribution is -1.98. The summed E-state index contributed by atoms with van der Waals surface area (Å²) in [5, 5.41) is 9.69. The van der Waals surface area contributed by atoms with Gasteiger partial charge in [0.25, 0.3) is 0 Å². The molecule has 0 aromatic heterocycles. The Morgan fingerprint density at radius 2 is 2.19 bits per heavy atom. The number of ether oxygens (including phenoxy) is 1. The van der Waals surface area contributed by atoms with Crippen molar-refractivity contribution in [1.29, 1.82) is 0 Å². The number of carbonyl (C=O) groups is 1. The molecule has 16 heavy (non-hydrogen) atoms. The molecule has 0 aliphatic heterocycles. The summed E-state index contributed by atoms with van der Waals surface area (Å²) in [5.41, 5.74) is 0.798. The number of benzene rings is 1. The van der Waals surface area contributed by atoms with Crippen LogP contribution in [-0.4, -0.2) is 17.7 Å². The van der Waals surface area contributed by atoms with Crippen LogP contribution in [0.1, 0.15) is 12.5 Å². The van der Waals surface area contributed by atoms with E-state index in [1.54, 1.807) is 19.1 Å². The first kappa shape index (κ1) is 13.8. The summed E-state index contributed by atoms with van der Waals surface area (Å²) < 4.78 is 6.28. The van der Waals surface area contributed by atoms with Crippen molar-refractivity contribution in [2.45, 2.75) is 6.92 Å². The maximum atomic E-state index is 11.1. The van der Waals surface area contributed by atoms with E-state index in [1.807, 2.05) is 28.7 Å². The highest BCUT2D eigenvalue weighted by Crippen LogP contribution is 2.29. The largest absolute Gasteiger partial charge is 0.506 e. The molecule has 0 amide bonds. The van der Waals surface area contributed by atoms with Gasteiger partial charge in [-0.05, 0) is 69.8 Å². The lowest BCUT2D eigenvalue weighted by Gasteiger charge is -2.03. The van der Waals surface area contributed by atoms with Crippen molar-refractivity contribution in [3.8, 4) is 5.75 Å². The first-order valence-corrected chi connectivity index (χ1v) is 6.73. The number of hydrogen-bond acceptors (Lipinski definition) is 3. The lowest BCUT2D eigenvalue weighted by atomic mass is 10.2. The van der Waals surface area contributed by atoms with Gasteiger partial charge in [-0.2, -0.15) is 0 Å². The number of carbonyl (C=O) groups excluding carboxylic acids is 1. The molecule has 1 aromatic carbocycles. The molecule has 0 aliphatic rings. The molecule has 1 aromatic rings. The number of hydrogen-bond donors (Lipinski definition) is 1. The van der Waals surface area contributed by atoms with Crippen LogP contribution in [0.4, 0.5) is 0 Å². The monoisotopic (exact) mass is 444 g/mol. The summed E-state index contributed by atoms with van der Waals surface area (Å²) in [6.45, 7) is 2.12. The van der Waals surface area contributed by atoms with E-state index in [2.05, 4.69) is 22.6 Å². The molecule has 3 nitrogen and oxygen atoms in total. The van der Waals surface area contributed by atoms with Crippen molar-refractivity contribution in [2.24, 2.45) is 0 Å². The number of esters is 1. The van der Waals surface area contributed by atoms with E-state index in [0.717, 1.165) is 12.7 Å². The molecule has 0 saturated heterocycles.